The minimum absolute atomic E-state index is 0.0755. The zero-order chi connectivity index (χ0) is 19.5. The van der Waals surface area contributed by atoms with Gasteiger partial charge in [-0.15, -0.1) is 0 Å². The van der Waals surface area contributed by atoms with Gasteiger partial charge in [0.1, 0.15) is 11.6 Å². The van der Waals surface area contributed by atoms with Gasteiger partial charge in [-0.05, 0) is 41.5 Å². The molecular formula is C22H19FN2O3. The Morgan fingerprint density at radius 2 is 1.89 bits per heavy atom. The van der Waals surface area contributed by atoms with Crippen LogP contribution in [0.2, 0.25) is 0 Å². The Balaban J connectivity index is 1.55. The fraction of sp³-hybridized carbons (Fsp3) is 0.182. The molecule has 1 atom stereocenters. The third-order valence-corrected chi connectivity index (χ3v) is 4.90. The Hall–Kier alpha value is -3.41. The number of nitrogens with zero attached hydrogens (tertiary/aromatic N) is 1. The highest BCUT2D eigenvalue weighted by molar-refractivity contribution is 5.98. The first-order valence-electron chi connectivity index (χ1n) is 9.05. The molecule has 0 aliphatic carbocycles. The van der Waals surface area contributed by atoms with Crippen molar-refractivity contribution in [3.63, 3.8) is 0 Å². The highest BCUT2D eigenvalue weighted by Gasteiger charge is 2.34. The van der Waals surface area contributed by atoms with E-state index < -0.39 is 6.04 Å². The highest BCUT2D eigenvalue weighted by Crippen LogP contribution is 2.33. The van der Waals surface area contributed by atoms with E-state index in [1.165, 1.54) is 12.1 Å². The molecule has 142 valence electrons. The van der Waals surface area contributed by atoms with E-state index in [9.17, 15) is 14.0 Å². The summed E-state index contributed by atoms with van der Waals surface area (Å²) in [6, 6.07) is 16.4. The molecule has 28 heavy (non-hydrogen) atoms. The third kappa shape index (κ3) is 3.67. The van der Waals surface area contributed by atoms with Gasteiger partial charge in [0.05, 0.1) is 25.3 Å². The average Bonchev–Trinajstić information content (AvgIpc) is 3.34. The van der Waals surface area contributed by atoms with E-state index >= 15 is 0 Å². The number of carbonyl (C=O) groups excluding carboxylic acids is 2. The van der Waals surface area contributed by atoms with Gasteiger partial charge in [-0.25, -0.2) is 4.39 Å². The summed E-state index contributed by atoms with van der Waals surface area (Å²) < 4.78 is 18.6. The SMILES string of the molecule is O=C(CC(c1ccc(F)cc1)N1Cc2ccccc2C1=O)NCc1ccco1. The van der Waals surface area contributed by atoms with Gasteiger partial charge < -0.3 is 14.6 Å². The van der Waals surface area contributed by atoms with Gasteiger partial charge >= 0.3 is 0 Å². The predicted molar refractivity (Wildman–Crippen MR) is 101 cm³/mol. The van der Waals surface area contributed by atoms with E-state index in [-0.39, 0.29) is 30.6 Å². The van der Waals surface area contributed by atoms with Crippen LogP contribution in [0.3, 0.4) is 0 Å². The molecule has 1 aliphatic rings. The molecule has 2 heterocycles. The average molecular weight is 378 g/mol. The fourth-order valence-corrected chi connectivity index (χ4v) is 3.47. The second-order valence-corrected chi connectivity index (χ2v) is 6.72. The molecule has 3 aromatic rings. The molecular weight excluding hydrogens is 359 g/mol. The van der Waals surface area contributed by atoms with Crippen LogP contribution in [0.4, 0.5) is 4.39 Å². The molecule has 0 bridgehead atoms. The molecule has 0 radical (unpaired) electrons. The smallest absolute Gasteiger partial charge is 0.255 e. The zero-order valence-electron chi connectivity index (χ0n) is 15.1. The first kappa shape index (κ1) is 18.0. The second-order valence-electron chi connectivity index (χ2n) is 6.72. The first-order chi connectivity index (χ1) is 13.6. The van der Waals surface area contributed by atoms with Crippen LogP contribution in [0, 0.1) is 5.82 Å². The van der Waals surface area contributed by atoms with Crippen molar-refractivity contribution < 1.29 is 18.4 Å². The lowest BCUT2D eigenvalue weighted by Gasteiger charge is -2.28. The van der Waals surface area contributed by atoms with Crippen LogP contribution in [0.25, 0.3) is 0 Å². The molecule has 1 aromatic heterocycles. The molecule has 4 rings (SSSR count). The van der Waals surface area contributed by atoms with E-state index in [0.29, 0.717) is 17.9 Å². The van der Waals surface area contributed by atoms with Crippen molar-refractivity contribution in [3.8, 4) is 0 Å². The van der Waals surface area contributed by atoms with Crippen LogP contribution in [0.15, 0.2) is 71.3 Å². The minimum atomic E-state index is -0.489. The van der Waals surface area contributed by atoms with Crippen LogP contribution in [-0.2, 0) is 17.9 Å². The quantitative estimate of drug-likeness (QED) is 0.709. The Morgan fingerprint density at radius 1 is 1.11 bits per heavy atom. The maximum atomic E-state index is 13.4. The van der Waals surface area contributed by atoms with Gasteiger partial charge in [0.2, 0.25) is 5.91 Å². The fourth-order valence-electron chi connectivity index (χ4n) is 3.47. The number of nitrogens with one attached hydrogen (secondary N) is 1. The van der Waals surface area contributed by atoms with Crippen molar-refractivity contribution in [1.82, 2.24) is 10.2 Å². The molecule has 6 heteroatoms. The summed E-state index contributed by atoms with van der Waals surface area (Å²) in [6.07, 6.45) is 1.62. The van der Waals surface area contributed by atoms with Crippen LogP contribution in [-0.4, -0.2) is 16.7 Å². The van der Waals surface area contributed by atoms with Gasteiger partial charge in [0.25, 0.3) is 5.91 Å². The normalized spacial score (nSPS) is 14.0. The molecule has 1 N–H and O–H groups in total. The molecule has 5 nitrogen and oxygen atoms in total. The van der Waals surface area contributed by atoms with E-state index in [1.54, 1.807) is 41.5 Å². The van der Waals surface area contributed by atoms with Gasteiger partial charge in [-0.1, -0.05) is 30.3 Å². The molecule has 0 fully saturated rings. The summed E-state index contributed by atoms with van der Waals surface area (Å²) in [7, 11) is 0. The van der Waals surface area contributed by atoms with Gasteiger partial charge in [0, 0.05) is 12.1 Å². The second kappa shape index (κ2) is 7.68. The monoisotopic (exact) mass is 378 g/mol. The van der Waals surface area contributed by atoms with E-state index in [1.807, 2.05) is 18.2 Å². The standard InChI is InChI=1S/C22H19FN2O3/c23-17-9-7-15(8-10-17)20(12-21(26)24-13-18-5-3-11-28-18)25-14-16-4-1-2-6-19(16)22(25)27/h1-11,20H,12-14H2,(H,24,26). The van der Waals surface area contributed by atoms with Crippen molar-refractivity contribution in [2.75, 3.05) is 0 Å². The lowest BCUT2D eigenvalue weighted by molar-refractivity contribution is -0.122. The Morgan fingerprint density at radius 3 is 2.61 bits per heavy atom. The minimum Gasteiger partial charge on any atom is -0.467 e. The van der Waals surface area contributed by atoms with Crippen LogP contribution in [0.1, 0.15) is 39.7 Å². The van der Waals surface area contributed by atoms with Gasteiger partial charge in [-0.2, -0.15) is 0 Å². The number of hydrogen-bond donors (Lipinski definition) is 1. The van der Waals surface area contributed by atoms with E-state index in [2.05, 4.69) is 5.32 Å². The summed E-state index contributed by atoms with van der Waals surface area (Å²) in [5, 5.41) is 2.81. The Labute approximate surface area is 161 Å². The lowest BCUT2D eigenvalue weighted by Crippen LogP contribution is -2.34. The third-order valence-electron chi connectivity index (χ3n) is 4.90. The van der Waals surface area contributed by atoms with Crippen LogP contribution in [0.5, 0.6) is 0 Å². The molecule has 2 aromatic carbocycles. The number of halogens is 1. The summed E-state index contributed by atoms with van der Waals surface area (Å²) in [4.78, 5) is 27.1. The van der Waals surface area contributed by atoms with Gasteiger partial charge in [-0.3, -0.25) is 9.59 Å². The van der Waals surface area contributed by atoms with Crippen LogP contribution < -0.4 is 5.32 Å². The number of hydrogen-bond acceptors (Lipinski definition) is 3. The zero-order valence-corrected chi connectivity index (χ0v) is 15.1. The largest absolute Gasteiger partial charge is 0.467 e. The number of carbonyl (C=O) groups is 2. The number of benzene rings is 2. The first-order valence-corrected chi connectivity index (χ1v) is 9.05. The summed E-state index contributed by atoms with van der Waals surface area (Å²) in [5.41, 5.74) is 2.29. The van der Waals surface area contributed by atoms with Crippen molar-refractivity contribution >= 4 is 11.8 Å². The number of fused-ring (bicyclic) bond motifs is 1. The molecule has 0 saturated carbocycles. The van der Waals surface area contributed by atoms with Crippen LogP contribution >= 0.6 is 0 Å². The maximum absolute atomic E-state index is 13.4. The summed E-state index contributed by atoms with van der Waals surface area (Å²) in [6.45, 7) is 0.693. The highest BCUT2D eigenvalue weighted by atomic mass is 19.1. The number of furan rings is 1. The molecule has 2 amide bonds. The van der Waals surface area contributed by atoms with Crippen molar-refractivity contribution in [1.29, 1.82) is 0 Å². The van der Waals surface area contributed by atoms with Crippen molar-refractivity contribution in [2.24, 2.45) is 0 Å². The summed E-state index contributed by atoms with van der Waals surface area (Å²) >= 11 is 0. The Bertz CT molecular complexity index is 983. The maximum Gasteiger partial charge on any atom is 0.255 e. The lowest BCUT2D eigenvalue weighted by atomic mass is 10.0. The van der Waals surface area contributed by atoms with E-state index in [4.69, 9.17) is 4.42 Å². The molecule has 1 unspecified atom stereocenters. The van der Waals surface area contributed by atoms with Gasteiger partial charge in [0.15, 0.2) is 0 Å². The molecule has 0 saturated heterocycles. The topological polar surface area (TPSA) is 62.6 Å². The molecule has 1 aliphatic heterocycles. The van der Waals surface area contributed by atoms with Crippen molar-refractivity contribution in [3.05, 3.63) is 95.2 Å². The number of rotatable bonds is 6. The van der Waals surface area contributed by atoms with Crippen molar-refractivity contribution in [2.45, 2.75) is 25.6 Å². The predicted octanol–water partition coefficient (Wildman–Crippen LogP) is 3.82. The Kier molecular flexibility index (Phi) is 4.93. The van der Waals surface area contributed by atoms with E-state index in [0.717, 1.165) is 11.1 Å². The molecule has 0 spiro atoms. The number of amides is 2. The summed E-state index contributed by atoms with van der Waals surface area (Å²) in [5.74, 6) is -0.0459.